The molecule has 1 aliphatic heterocycles. The molecule has 5 rings (SSSR count). The van der Waals surface area contributed by atoms with Crippen molar-refractivity contribution < 1.29 is 22.0 Å². The number of hydrogen-bond acceptors (Lipinski definition) is 2. The summed E-state index contributed by atoms with van der Waals surface area (Å²) in [5, 5.41) is 0.183. The maximum Gasteiger partial charge on any atom is 0.200 e. The van der Waals surface area contributed by atoms with Gasteiger partial charge in [-0.2, -0.15) is 0 Å². The molecule has 0 aromatic heterocycles. The van der Waals surface area contributed by atoms with Gasteiger partial charge in [0.25, 0.3) is 0 Å². The van der Waals surface area contributed by atoms with Crippen molar-refractivity contribution in [3.05, 3.63) is 127 Å². The molecule has 4 aromatic carbocycles. The lowest BCUT2D eigenvalue weighted by Crippen LogP contribution is -2.51. The Kier molecular flexibility index (Phi) is 12.1. The van der Waals surface area contributed by atoms with Gasteiger partial charge in [0.2, 0.25) is 5.82 Å². The Balaban J connectivity index is 1.79. The lowest BCUT2D eigenvalue weighted by Gasteiger charge is -2.40. The van der Waals surface area contributed by atoms with E-state index in [0.717, 1.165) is 39.1 Å². The lowest BCUT2D eigenvalue weighted by molar-refractivity contribution is 0.213. The van der Waals surface area contributed by atoms with Crippen molar-refractivity contribution in [3.8, 4) is 0 Å². The second-order valence-corrected chi connectivity index (χ2v) is 15.4. The van der Waals surface area contributed by atoms with Crippen molar-refractivity contribution in [1.29, 1.82) is 0 Å². The van der Waals surface area contributed by atoms with Gasteiger partial charge in [0.1, 0.15) is 11.7 Å². The summed E-state index contributed by atoms with van der Waals surface area (Å²) < 4.78 is 75.5. The molecule has 53 heavy (non-hydrogen) atoms. The minimum Gasteiger partial charge on any atom is -0.338 e. The predicted molar refractivity (Wildman–Crippen MR) is 207 cm³/mol. The summed E-state index contributed by atoms with van der Waals surface area (Å²) >= 11 is 6.62. The van der Waals surface area contributed by atoms with Crippen LogP contribution in [0.4, 0.5) is 33.3 Å². The van der Waals surface area contributed by atoms with Crippen LogP contribution in [0.15, 0.2) is 52.4 Å². The van der Waals surface area contributed by atoms with Crippen LogP contribution < -0.4 is 0 Å². The molecule has 1 aliphatic rings. The highest BCUT2D eigenvalue weighted by atomic mass is 35.5. The quantitative estimate of drug-likeness (QED) is 0.0619. The Morgan fingerprint density at radius 3 is 1.55 bits per heavy atom. The predicted octanol–water partition coefficient (Wildman–Crippen LogP) is 12.5. The van der Waals surface area contributed by atoms with Crippen molar-refractivity contribution in [2.24, 2.45) is 9.98 Å². The fourth-order valence-electron chi connectivity index (χ4n) is 7.10. The third-order valence-electron chi connectivity index (χ3n) is 9.85. The minimum atomic E-state index is -2.23. The number of halogens is 6. The highest BCUT2D eigenvalue weighted by Gasteiger charge is 2.34. The molecular weight excluding hydrogens is 703 g/mol. The molecule has 0 amide bonds. The van der Waals surface area contributed by atoms with Crippen molar-refractivity contribution in [3.63, 3.8) is 0 Å². The second-order valence-electron chi connectivity index (χ2n) is 15.0. The summed E-state index contributed by atoms with van der Waals surface area (Å²) in [6, 6.07) is 14.0. The van der Waals surface area contributed by atoms with E-state index >= 15 is 8.78 Å². The van der Waals surface area contributed by atoms with E-state index < -0.39 is 40.5 Å². The lowest BCUT2D eigenvalue weighted by atomic mass is 9.91. The first-order valence-electron chi connectivity index (χ1n) is 18.1. The van der Waals surface area contributed by atoms with Crippen molar-refractivity contribution in [2.45, 2.75) is 93.4 Å². The Morgan fingerprint density at radius 1 is 0.604 bits per heavy atom. The first-order chi connectivity index (χ1) is 24.9. The molecule has 0 N–H and O–H groups in total. The molecule has 4 nitrogen and oxygen atoms in total. The molecule has 4 aromatic rings. The van der Waals surface area contributed by atoms with Crippen LogP contribution in [0, 0.1) is 56.8 Å². The summed E-state index contributed by atoms with van der Waals surface area (Å²) in [5.41, 5.74) is 7.57. The first-order valence-corrected chi connectivity index (χ1v) is 18.5. The zero-order valence-electron chi connectivity index (χ0n) is 32.2. The van der Waals surface area contributed by atoms with E-state index in [1.54, 1.807) is 24.0 Å². The van der Waals surface area contributed by atoms with Crippen LogP contribution in [0.2, 0.25) is 5.02 Å². The molecule has 0 radical (unpaired) electrons. The molecule has 1 saturated heterocycles. The van der Waals surface area contributed by atoms with Gasteiger partial charge in [0, 0.05) is 18.7 Å². The van der Waals surface area contributed by atoms with Gasteiger partial charge >= 0.3 is 0 Å². The van der Waals surface area contributed by atoms with E-state index in [4.69, 9.17) is 16.6 Å². The normalized spacial score (nSPS) is 14.4. The Labute approximate surface area is 315 Å². The number of para-hydroxylation sites is 1. The third kappa shape index (κ3) is 8.01. The molecule has 0 saturated carbocycles. The van der Waals surface area contributed by atoms with Gasteiger partial charge in [0.05, 0.1) is 28.6 Å². The molecule has 10 heteroatoms. The number of aryl methyl sites for hydroxylation is 4. The average molecular weight is 751 g/mol. The molecular formula is C43H48ClF5N4. The maximum absolute atomic E-state index is 15.7. The van der Waals surface area contributed by atoms with E-state index in [1.165, 1.54) is 5.56 Å². The molecule has 1 heterocycles. The number of amidine groups is 2. The van der Waals surface area contributed by atoms with Gasteiger partial charge in [-0.3, -0.25) is 0 Å². The second kappa shape index (κ2) is 16.0. The largest absolute Gasteiger partial charge is 0.338 e. The third-order valence-corrected chi connectivity index (χ3v) is 10.1. The number of nitrogens with zero attached hydrogens (tertiary/aromatic N) is 4. The van der Waals surface area contributed by atoms with Gasteiger partial charge in [-0.05, 0) is 96.9 Å². The smallest absolute Gasteiger partial charge is 0.200 e. The van der Waals surface area contributed by atoms with Crippen LogP contribution in [0.1, 0.15) is 116 Å². The summed E-state index contributed by atoms with van der Waals surface area (Å²) in [7, 11) is 0. The molecule has 0 bridgehead atoms. The summed E-state index contributed by atoms with van der Waals surface area (Å²) in [6.07, 6.45) is 0.471. The molecule has 282 valence electrons. The maximum atomic E-state index is 15.7. The van der Waals surface area contributed by atoms with Crippen molar-refractivity contribution in [1.82, 2.24) is 9.80 Å². The zero-order chi connectivity index (χ0) is 39.0. The van der Waals surface area contributed by atoms with Gasteiger partial charge in [-0.1, -0.05) is 89.5 Å². The monoisotopic (exact) mass is 750 g/mol. The molecule has 0 unspecified atom stereocenters. The fraction of sp³-hybridized carbons (Fsp3) is 0.395. The van der Waals surface area contributed by atoms with E-state index in [1.807, 2.05) is 31.7 Å². The first kappa shape index (κ1) is 40.0. The van der Waals surface area contributed by atoms with Crippen LogP contribution in [-0.2, 0) is 0 Å². The summed E-state index contributed by atoms with van der Waals surface area (Å²) in [4.78, 5) is 13.7. The SMILES string of the molecule is Cc1cc(C)c(N=C(c2c(F)c(F)c(F)c(F)c2F)N2CCCN(C(=Nc3c(C(C)C)cccc3C(C)C)c3c(C)cc(C(C)C)cc3C)C2)c(Cl)c1. The summed E-state index contributed by atoms with van der Waals surface area (Å²) in [6.45, 7) is 21.2. The van der Waals surface area contributed by atoms with Gasteiger partial charge in [0.15, 0.2) is 23.3 Å². The number of benzene rings is 4. The van der Waals surface area contributed by atoms with Crippen LogP contribution in [0.25, 0.3) is 0 Å². The Hall–Kier alpha value is -4.24. The molecule has 0 atom stereocenters. The number of hydrogen-bond donors (Lipinski definition) is 0. The van der Waals surface area contributed by atoms with Gasteiger partial charge in [-0.25, -0.2) is 31.9 Å². The molecule has 0 aliphatic carbocycles. The Morgan fingerprint density at radius 2 is 1.08 bits per heavy atom. The van der Waals surface area contributed by atoms with Crippen molar-refractivity contribution >= 4 is 34.6 Å². The van der Waals surface area contributed by atoms with E-state index in [0.29, 0.717) is 30.3 Å². The topological polar surface area (TPSA) is 31.2 Å². The van der Waals surface area contributed by atoms with E-state index in [9.17, 15) is 13.2 Å². The summed E-state index contributed by atoms with van der Waals surface area (Å²) in [5.74, 6) is -9.40. The standard InChI is InChI=1S/C43H48ClF5N4/c1-22(2)29-19-26(8)33(27(9)20-29)42(51-41-30(23(3)4)13-11-14-31(41)24(5)6)52-15-12-16-53(21-52)43(50-40-28(10)17-25(7)18-32(40)44)34-35(45)37(47)39(49)38(48)36(34)46/h11,13-14,17-20,22-24H,12,15-16,21H2,1-10H3. The van der Waals surface area contributed by atoms with Crippen LogP contribution >= 0.6 is 11.6 Å². The van der Waals surface area contributed by atoms with Crippen molar-refractivity contribution in [2.75, 3.05) is 19.8 Å². The van der Waals surface area contributed by atoms with Gasteiger partial charge < -0.3 is 9.80 Å². The fourth-order valence-corrected chi connectivity index (χ4v) is 7.47. The highest BCUT2D eigenvalue weighted by Crippen LogP contribution is 2.38. The van der Waals surface area contributed by atoms with Crippen LogP contribution in [-0.4, -0.2) is 41.2 Å². The average Bonchev–Trinajstić information content (AvgIpc) is 3.09. The minimum absolute atomic E-state index is 0.00857. The number of rotatable bonds is 7. The zero-order valence-corrected chi connectivity index (χ0v) is 32.9. The van der Waals surface area contributed by atoms with Crippen LogP contribution in [0.5, 0.6) is 0 Å². The van der Waals surface area contributed by atoms with Crippen LogP contribution in [0.3, 0.4) is 0 Å². The number of aliphatic imine (C=N–C) groups is 2. The highest BCUT2D eigenvalue weighted by molar-refractivity contribution is 6.33. The van der Waals surface area contributed by atoms with E-state index in [2.05, 4.69) is 70.8 Å². The molecule has 1 fully saturated rings. The molecule has 0 spiro atoms. The van der Waals surface area contributed by atoms with Gasteiger partial charge in [-0.15, -0.1) is 0 Å². The van der Waals surface area contributed by atoms with E-state index in [-0.39, 0.29) is 35.8 Å². The Bertz CT molecular complexity index is 2000.